The molecule has 0 radical (unpaired) electrons. The highest BCUT2D eigenvalue weighted by molar-refractivity contribution is 6.04. The number of carbonyl (C=O) groups is 1. The van der Waals surface area contributed by atoms with Gasteiger partial charge in [0.1, 0.15) is 18.0 Å². The van der Waals surface area contributed by atoms with Gasteiger partial charge in [-0.05, 0) is 40.8 Å². The number of hydrogen-bond acceptors (Lipinski definition) is 5. The van der Waals surface area contributed by atoms with Crippen molar-refractivity contribution in [2.45, 2.75) is 0 Å². The SMILES string of the molecule is O=C(Nc1ccccn1)c1cc(-n2cnnn2)ccc1F. The van der Waals surface area contributed by atoms with Crippen molar-refractivity contribution in [2.75, 3.05) is 5.32 Å². The molecule has 0 atom stereocenters. The van der Waals surface area contributed by atoms with Crippen LogP contribution in [0.5, 0.6) is 0 Å². The maximum atomic E-state index is 13.8. The number of hydrogen-bond donors (Lipinski definition) is 1. The van der Waals surface area contributed by atoms with Crippen LogP contribution in [-0.2, 0) is 0 Å². The van der Waals surface area contributed by atoms with Gasteiger partial charge in [0.25, 0.3) is 5.91 Å². The monoisotopic (exact) mass is 284 g/mol. The van der Waals surface area contributed by atoms with E-state index in [0.717, 1.165) is 0 Å². The Balaban J connectivity index is 1.91. The fourth-order valence-corrected chi connectivity index (χ4v) is 1.73. The highest BCUT2D eigenvalue weighted by atomic mass is 19.1. The highest BCUT2D eigenvalue weighted by Gasteiger charge is 2.14. The predicted octanol–water partition coefficient (Wildman–Crippen LogP) is 1.45. The van der Waals surface area contributed by atoms with Crippen LogP contribution in [0.3, 0.4) is 0 Å². The van der Waals surface area contributed by atoms with Crippen molar-refractivity contribution >= 4 is 11.7 Å². The van der Waals surface area contributed by atoms with Crippen LogP contribution >= 0.6 is 0 Å². The summed E-state index contributed by atoms with van der Waals surface area (Å²) in [6.07, 6.45) is 2.89. The Labute approximate surface area is 118 Å². The Morgan fingerprint density at radius 3 is 2.86 bits per heavy atom. The van der Waals surface area contributed by atoms with Crippen molar-refractivity contribution < 1.29 is 9.18 Å². The number of rotatable bonds is 3. The number of benzene rings is 1. The molecule has 0 aliphatic heterocycles. The van der Waals surface area contributed by atoms with Crippen LogP contribution in [0.4, 0.5) is 10.2 Å². The van der Waals surface area contributed by atoms with E-state index in [1.165, 1.54) is 35.4 Å². The zero-order chi connectivity index (χ0) is 14.7. The molecule has 21 heavy (non-hydrogen) atoms. The molecule has 0 fully saturated rings. The van der Waals surface area contributed by atoms with Crippen molar-refractivity contribution in [3.63, 3.8) is 0 Å². The number of carbonyl (C=O) groups excluding carboxylic acids is 1. The van der Waals surface area contributed by atoms with Crippen LogP contribution in [0, 0.1) is 5.82 Å². The van der Waals surface area contributed by atoms with E-state index in [1.54, 1.807) is 18.2 Å². The fourth-order valence-electron chi connectivity index (χ4n) is 1.73. The first kappa shape index (κ1) is 12.9. The molecule has 1 N–H and O–H groups in total. The molecular weight excluding hydrogens is 275 g/mol. The Kier molecular flexibility index (Phi) is 3.34. The Bertz CT molecular complexity index is 760. The summed E-state index contributed by atoms with van der Waals surface area (Å²) in [7, 11) is 0. The van der Waals surface area contributed by atoms with Crippen molar-refractivity contribution in [3.05, 3.63) is 60.3 Å². The maximum Gasteiger partial charge on any atom is 0.259 e. The highest BCUT2D eigenvalue weighted by Crippen LogP contribution is 2.15. The van der Waals surface area contributed by atoms with Crippen LogP contribution < -0.4 is 5.32 Å². The molecule has 0 aliphatic rings. The van der Waals surface area contributed by atoms with Crippen LogP contribution in [0.2, 0.25) is 0 Å². The van der Waals surface area contributed by atoms with Gasteiger partial charge in [-0.2, -0.15) is 0 Å². The Morgan fingerprint density at radius 1 is 1.24 bits per heavy atom. The van der Waals surface area contributed by atoms with Crippen molar-refractivity contribution in [3.8, 4) is 5.69 Å². The van der Waals surface area contributed by atoms with E-state index in [2.05, 4.69) is 25.8 Å². The number of halogens is 1. The number of nitrogens with one attached hydrogen (secondary N) is 1. The maximum absolute atomic E-state index is 13.8. The zero-order valence-corrected chi connectivity index (χ0v) is 10.6. The van der Waals surface area contributed by atoms with Crippen molar-refractivity contribution in [2.24, 2.45) is 0 Å². The van der Waals surface area contributed by atoms with E-state index in [9.17, 15) is 9.18 Å². The van der Waals surface area contributed by atoms with Gasteiger partial charge in [-0.15, -0.1) is 5.10 Å². The molecule has 8 heteroatoms. The summed E-state index contributed by atoms with van der Waals surface area (Å²) in [5.41, 5.74) is 0.362. The average Bonchev–Trinajstić information content (AvgIpc) is 3.03. The third-order valence-corrected chi connectivity index (χ3v) is 2.71. The van der Waals surface area contributed by atoms with Gasteiger partial charge in [0.2, 0.25) is 0 Å². The minimum Gasteiger partial charge on any atom is -0.306 e. The second kappa shape index (κ2) is 5.45. The predicted molar refractivity (Wildman–Crippen MR) is 71.3 cm³/mol. The van der Waals surface area contributed by atoms with E-state index in [-0.39, 0.29) is 5.56 Å². The standard InChI is InChI=1S/C13H9FN6O/c14-11-5-4-9(20-8-16-18-19-20)7-10(11)13(21)17-12-3-1-2-6-15-12/h1-8H,(H,15,17,21). The quantitative estimate of drug-likeness (QED) is 0.786. The topological polar surface area (TPSA) is 85.6 Å². The molecule has 0 saturated carbocycles. The van der Waals surface area contributed by atoms with Gasteiger partial charge in [-0.3, -0.25) is 4.79 Å². The van der Waals surface area contributed by atoms with Crippen LogP contribution in [0.25, 0.3) is 5.69 Å². The summed E-state index contributed by atoms with van der Waals surface area (Å²) in [5.74, 6) is -0.892. The van der Waals surface area contributed by atoms with E-state index < -0.39 is 11.7 Å². The zero-order valence-electron chi connectivity index (χ0n) is 10.6. The first-order valence-electron chi connectivity index (χ1n) is 5.99. The third kappa shape index (κ3) is 2.73. The largest absolute Gasteiger partial charge is 0.306 e. The smallest absolute Gasteiger partial charge is 0.259 e. The van der Waals surface area contributed by atoms with Gasteiger partial charge in [-0.25, -0.2) is 14.1 Å². The summed E-state index contributed by atoms with van der Waals surface area (Å²) in [5, 5.41) is 13.2. The Hall–Kier alpha value is -3.16. The van der Waals surface area contributed by atoms with E-state index >= 15 is 0 Å². The van der Waals surface area contributed by atoms with Crippen molar-refractivity contribution in [1.29, 1.82) is 0 Å². The molecule has 0 unspecified atom stereocenters. The van der Waals surface area contributed by atoms with Crippen LogP contribution in [0.1, 0.15) is 10.4 Å². The number of pyridine rings is 1. The molecular formula is C13H9FN6O. The second-order valence-electron chi connectivity index (χ2n) is 4.09. The normalized spacial score (nSPS) is 10.3. The number of tetrazole rings is 1. The molecule has 7 nitrogen and oxygen atoms in total. The number of aromatic nitrogens is 5. The molecule has 2 aromatic heterocycles. The first-order chi connectivity index (χ1) is 10.2. The third-order valence-electron chi connectivity index (χ3n) is 2.71. The fraction of sp³-hybridized carbons (Fsp3) is 0. The lowest BCUT2D eigenvalue weighted by molar-refractivity contribution is 0.102. The molecule has 3 aromatic rings. The molecule has 1 amide bonds. The lowest BCUT2D eigenvalue weighted by Gasteiger charge is -2.07. The molecule has 3 rings (SSSR count). The summed E-state index contributed by atoms with van der Waals surface area (Å²) < 4.78 is 15.2. The molecule has 0 spiro atoms. The molecule has 2 heterocycles. The van der Waals surface area contributed by atoms with E-state index in [0.29, 0.717) is 11.5 Å². The minimum atomic E-state index is -0.639. The lowest BCUT2D eigenvalue weighted by Crippen LogP contribution is -2.15. The minimum absolute atomic E-state index is 0.117. The summed E-state index contributed by atoms with van der Waals surface area (Å²) >= 11 is 0. The molecule has 1 aromatic carbocycles. The van der Waals surface area contributed by atoms with E-state index in [4.69, 9.17) is 0 Å². The van der Waals surface area contributed by atoms with Crippen LogP contribution in [0.15, 0.2) is 48.9 Å². The number of anilines is 1. The average molecular weight is 284 g/mol. The summed E-state index contributed by atoms with van der Waals surface area (Å²) in [6, 6.07) is 9.07. The number of amides is 1. The Morgan fingerprint density at radius 2 is 2.14 bits per heavy atom. The molecule has 0 saturated heterocycles. The summed E-state index contributed by atoms with van der Waals surface area (Å²) in [4.78, 5) is 16.1. The van der Waals surface area contributed by atoms with E-state index in [1.807, 2.05) is 0 Å². The molecule has 0 bridgehead atoms. The summed E-state index contributed by atoms with van der Waals surface area (Å²) in [6.45, 7) is 0. The second-order valence-corrected chi connectivity index (χ2v) is 4.09. The molecule has 104 valence electrons. The van der Waals surface area contributed by atoms with Gasteiger partial charge < -0.3 is 5.32 Å². The van der Waals surface area contributed by atoms with Crippen LogP contribution in [-0.4, -0.2) is 31.1 Å². The van der Waals surface area contributed by atoms with Gasteiger partial charge in [-0.1, -0.05) is 6.07 Å². The number of nitrogens with zero attached hydrogens (tertiary/aromatic N) is 5. The lowest BCUT2D eigenvalue weighted by atomic mass is 10.1. The van der Waals surface area contributed by atoms with Gasteiger partial charge in [0.05, 0.1) is 11.3 Å². The van der Waals surface area contributed by atoms with Crippen molar-refractivity contribution in [1.82, 2.24) is 25.2 Å². The van der Waals surface area contributed by atoms with Gasteiger partial charge >= 0.3 is 0 Å². The van der Waals surface area contributed by atoms with Gasteiger partial charge in [0, 0.05) is 6.20 Å². The molecule has 0 aliphatic carbocycles. The first-order valence-corrected chi connectivity index (χ1v) is 5.99. The van der Waals surface area contributed by atoms with Gasteiger partial charge in [0.15, 0.2) is 0 Å².